The van der Waals surface area contributed by atoms with Crippen LogP contribution in [0.4, 0.5) is 10.1 Å². The lowest BCUT2D eigenvalue weighted by molar-refractivity contribution is 0.0696. The number of anilines is 1. The average molecular weight is 413 g/mol. The molecule has 0 amide bonds. The molecule has 0 aromatic heterocycles. The van der Waals surface area contributed by atoms with E-state index in [0.717, 1.165) is 22.5 Å². The molecule has 0 bridgehead atoms. The molecule has 3 aromatic rings. The number of nitrogens with zero attached hydrogens (tertiary/aromatic N) is 3. The summed E-state index contributed by atoms with van der Waals surface area (Å²) in [6.07, 6.45) is 0. The van der Waals surface area contributed by atoms with Gasteiger partial charge in [-0.2, -0.15) is 10.4 Å². The maximum absolute atomic E-state index is 13.6. The molecule has 3 aromatic carbocycles. The predicted molar refractivity (Wildman–Crippen MR) is 112 cm³/mol. The Labute approximate surface area is 177 Å². The molecule has 0 saturated carbocycles. The van der Waals surface area contributed by atoms with Gasteiger partial charge in [-0.25, -0.2) is 9.18 Å². The van der Waals surface area contributed by atoms with E-state index in [1.165, 1.54) is 24.3 Å². The van der Waals surface area contributed by atoms with Crippen molar-refractivity contribution in [2.75, 3.05) is 11.6 Å². The normalized spacial score (nSPS) is 19.0. The second kappa shape index (κ2) is 7.26. The summed E-state index contributed by atoms with van der Waals surface area (Å²) in [5, 5.41) is 25.1. The fraction of sp³-hybridized carbons (Fsp3) is 0.125. The van der Waals surface area contributed by atoms with E-state index in [9.17, 15) is 14.3 Å². The summed E-state index contributed by atoms with van der Waals surface area (Å²) in [6.45, 7) is 0.309. The van der Waals surface area contributed by atoms with Crippen LogP contribution in [0.15, 0.2) is 71.8 Å². The van der Waals surface area contributed by atoms with E-state index in [1.807, 2.05) is 17.1 Å². The van der Waals surface area contributed by atoms with Crippen LogP contribution >= 0.6 is 0 Å². The standard InChI is InChI=1S/C24H16FN3O3/c25-17-6-3-15(4-7-17)23-20-13-31-21-11-16(24(29)30)5-10-19(21)22(20)27-28(23)18-8-1-14(12-26)2-9-18/h1-11,20,23H,13H2,(H,29,30). The first-order valence-corrected chi connectivity index (χ1v) is 9.69. The highest BCUT2D eigenvalue weighted by molar-refractivity contribution is 6.08. The molecule has 0 aliphatic carbocycles. The molecule has 1 N–H and O–H groups in total. The predicted octanol–water partition coefficient (Wildman–Crippen LogP) is 4.37. The van der Waals surface area contributed by atoms with Gasteiger partial charge in [-0.05, 0) is 60.2 Å². The Morgan fingerprint density at radius 3 is 2.55 bits per heavy atom. The van der Waals surface area contributed by atoms with Crippen molar-refractivity contribution < 1.29 is 19.0 Å². The lowest BCUT2D eigenvalue weighted by Crippen LogP contribution is -2.33. The maximum atomic E-state index is 13.6. The van der Waals surface area contributed by atoms with Crippen LogP contribution in [0.1, 0.15) is 33.1 Å². The van der Waals surface area contributed by atoms with Crippen molar-refractivity contribution in [3.63, 3.8) is 0 Å². The monoisotopic (exact) mass is 413 g/mol. The molecule has 2 aliphatic heterocycles. The molecule has 2 heterocycles. The van der Waals surface area contributed by atoms with Crippen molar-refractivity contribution in [1.82, 2.24) is 0 Å². The van der Waals surface area contributed by atoms with Gasteiger partial charge in [0.25, 0.3) is 0 Å². The van der Waals surface area contributed by atoms with Crippen LogP contribution in [0.25, 0.3) is 0 Å². The van der Waals surface area contributed by atoms with Crippen molar-refractivity contribution in [3.05, 3.63) is 94.8 Å². The smallest absolute Gasteiger partial charge is 0.335 e. The van der Waals surface area contributed by atoms with E-state index in [0.29, 0.717) is 17.9 Å². The van der Waals surface area contributed by atoms with Gasteiger partial charge in [0.1, 0.15) is 11.6 Å². The van der Waals surface area contributed by atoms with Gasteiger partial charge >= 0.3 is 5.97 Å². The van der Waals surface area contributed by atoms with Gasteiger partial charge in [0.05, 0.1) is 47.2 Å². The third-order valence-electron chi connectivity index (χ3n) is 5.61. The van der Waals surface area contributed by atoms with E-state index in [-0.39, 0.29) is 23.3 Å². The first-order valence-electron chi connectivity index (χ1n) is 9.69. The summed E-state index contributed by atoms with van der Waals surface area (Å²) in [5.41, 5.74) is 3.89. The number of fused-ring (bicyclic) bond motifs is 3. The quantitative estimate of drug-likeness (QED) is 0.689. The molecule has 6 nitrogen and oxygen atoms in total. The van der Waals surface area contributed by atoms with Crippen molar-refractivity contribution in [2.45, 2.75) is 6.04 Å². The van der Waals surface area contributed by atoms with Gasteiger partial charge in [-0.1, -0.05) is 12.1 Å². The fourth-order valence-electron chi connectivity index (χ4n) is 4.10. The van der Waals surface area contributed by atoms with E-state index in [2.05, 4.69) is 6.07 Å². The molecule has 0 radical (unpaired) electrons. The summed E-state index contributed by atoms with van der Waals surface area (Å²) < 4.78 is 19.5. The van der Waals surface area contributed by atoms with Crippen LogP contribution in [-0.2, 0) is 0 Å². The first kappa shape index (κ1) is 18.8. The number of halogens is 1. The average Bonchev–Trinajstić information content (AvgIpc) is 3.19. The molecule has 2 unspecified atom stereocenters. The number of aromatic carboxylic acids is 1. The number of carbonyl (C=O) groups is 1. The molecule has 2 aliphatic rings. The van der Waals surface area contributed by atoms with Gasteiger partial charge in [-0.3, -0.25) is 5.01 Å². The molecular weight excluding hydrogens is 397 g/mol. The number of ether oxygens (including phenoxy) is 1. The maximum Gasteiger partial charge on any atom is 0.335 e. The summed E-state index contributed by atoms with van der Waals surface area (Å²) in [4.78, 5) is 11.3. The summed E-state index contributed by atoms with van der Waals surface area (Å²) in [5.74, 6) is -0.997. The van der Waals surface area contributed by atoms with Crippen molar-refractivity contribution in [2.24, 2.45) is 11.0 Å². The molecule has 152 valence electrons. The van der Waals surface area contributed by atoms with Crippen molar-refractivity contribution in [3.8, 4) is 11.8 Å². The minimum Gasteiger partial charge on any atom is -0.492 e. The molecule has 2 atom stereocenters. The Kier molecular flexibility index (Phi) is 4.41. The van der Waals surface area contributed by atoms with Gasteiger partial charge in [0.2, 0.25) is 0 Å². The highest BCUT2D eigenvalue weighted by Crippen LogP contribution is 2.44. The Morgan fingerprint density at radius 1 is 1.13 bits per heavy atom. The van der Waals surface area contributed by atoms with E-state index >= 15 is 0 Å². The van der Waals surface area contributed by atoms with Crippen LogP contribution in [0.5, 0.6) is 5.75 Å². The Bertz CT molecular complexity index is 1250. The molecule has 0 fully saturated rings. The van der Waals surface area contributed by atoms with E-state index in [1.54, 1.807) is 30.3 Å². The van der Waals surface area contributed by atoms with Gasteiger partial charge < -0.3 is 9.84 Å². The molecule has 31 heavy (non-hydrogen) atoms. The molecule has 7 heteroatoms. The van der Waals surface area contributed by atoms with Crippen LogP contribution in [0, 0.1) is 23.1 Å². The lowest BCUT2D eigenvalue weighted by Gasteiger charge is -2.30. The van der Waals surface area contributed by atoms with Gasteiger partial charge in [0.15, 0.2) is 0 Å². The lowest BCUT2D eigenvalue weighted by atomic mass is 9.85. The van der Waals surface area contributed by atoms with E-state index in [4.69, 9.17) is 15.1 Å². The van der Waals surface area contributed by atoms with E-state index < -0.39 is 5.97 Å². The second-order valence-electron chi connectivity index (χ2n) is 7.42. The summed E-state index contributed by atoms with van der Waals surface area (Å²) in [6, 6.07) is 20.0. The minimum atomic E-state index is -1.02. The number of carboxylic acids is 1. The Balaban J connectivity index is 1.62. The molecular formula is C24H16FN3O3. The second-order valence-corrected chi connectivity index (χ2v) is 7.42. The minimum absolute atomic E-state index is 0.135. The van der Waals surface area contributed by atoms with Crippen molar-refractivity contribution in [1.29, 1.82) is 5.26 Å². The zero-order valence-electron chi connectivity index (χ0n) is 16.2. The SMILES string of the molecule is N#Cc1ccc(N2N=C3c4ccc(C(=O)O)cc4OCC3C2c2ccc(F)cc2)cc1. The number of benzene rings is 3. The summed E-state index contributed by atoms with van der Waals surface area (Å²) in [7, 11) is 0. The molecule has 5 rings (SSSR count). The number of hydrogen-bond acceptors (Lipinski definition) is 5. The number of nitriles is 1. The first-order chi connectivity index (χ1) is 15.0. The highest BCUT2D eigenvalue weighted by atomic mass is 19.1. The van der Waals surface area contributed by atoms with Crippen LogP contribution in [0.3, 0.4) is 0 Å². The summed E-state index contributed by atoms with van der Waals surface area (Å²) >= 11 is 0. The van der Waals surface area contributed by atoms with Crippen LogP contribution in [-0.4, -0.2) is 23.4 Å². The third-order valence-corrected chi connectivity index (χ3v) is 5.61. The number of hydrazone groups is 1. The largest absolute Gasteiger partial charge is 0.492 e. The van der Waals surface area contributed by atoms with Crippen molar-refractivity contribution >= 4 is 17.4 Å². The molecule has 0 saturated heterocycles. The third kappa shape index (κ3) is 3.19. The molecule has 0 spiro atoms. The van der Waals surface area contributed by atoms with Gasteiger partial charge in [-0.15, -0.1) is 0 Å². The fourth-order valence-corrected chi connectivity index (χ4v) is 4.10. The topological polar surface area (TPSA) is 85.9 Å². The number of rotatable bonds is 3. The Hall–Kier alpha value is -4.18. The van der Waals surface area contributed by atoms with Crippen LogP contribution in [0.2, 0.25) is 0 Å². The number of hydrogen-bond donors (Lipinski definition) is 1. The zero-order chi connectivity index (χ0) is 21.5. The Morgan fingerprint density at radius 2 is 1.87 bits per heavy atom. The highest BCUT2D eigenvalue weighted by Gasteiger charge is 2.43. The van der Waals surface area contributed by atoms with Crippen LogP contribution < -0.4 is 9.75 Å². The zero-order valence-corrected chi connectivity index (χ0v) is 16.2. The number of carboxylic acid groups (broad SMARTS) is 1. The van der Waals surface area contributed by atoms with Gasteiger partial charge in [0, 0.05) is 5.56 Å².